The summed E-state index contributed by atoms with van der Waals surface area (Å²) in [4.78, 5) is 16.7. The molecule has 0 radical (unpaired) electrons. The van der Waals surface area contributed by atoms with Crippen LogP contribution in [-0.4, -0.2) is 21.4 Å². The highest BCUT2D eigenvalue weighted by molar-refractivity contribution is 5.74. The number of nitrogens with zero attached hydrogens (tertiary/aromatic N) is 2. The molecular formula is C15H12N4O3. The summed E-state index contributed by atoms with van der Waals surface area (Å²) in [6.07, 6.45) is 1.61. The van der Waals surface area contributed by atoms with Gasteiger partial charge in [0, 0.05) is 23.5 Å². The highest BCUT2D eigenvalue weighted by Crippen LogP contribution is 2.35. The van der Waals surface area contributed by atoms with Gasteiger partial charge in [0.05, 0.1) is 11.3 Å². The topological polar surface area (TPSA) is 94.6 Å². The summed E-state index contributed by atoms with van der Waals surface area (Å²) < 4.78 is 12.0. The Balaban J connectivity index is 1.93. The summed E-state index contributed by atoms with van der Waals surface area (Å²) in [7, 11) is 0. The zero-order valence-corrected chi connectivity index (χ0v) is 11.5. The van der Waals surface area contributed by atoms with Crippen molar-refractivity contribution in [3.63, 3.8) is 0 Å². The fourth-order valence-corrected chi connectivity index (χ4v) is 2.42. The molecule has 0 saturated carbocycles. The second-order valence-electron chi connectivity index (χ2n) is 4.92. The first kappa shape index (κ1) is 12.5. The van der Waals surface area contributed by atoms with E-state index < -0.39 is 0 Å². The van der Waals surface area contributed by atoms with Gasteiger partial charge < -0.3 is 15.2 Å². The second-order valence-corrected chi connectivity index (χ2v) is 4.92. The van der Waals surface area contributed by atoms with Gasteiger partial charge in [0.25, 0.3) is 5.56 Å². The van der Waals surface area contributed by atoms with E-state index in [0.717, 1.165) is 5.56 Å². The molecule has 3 aromatic rings. The van der Waals surface area contributed by atoms with Gasteiger partial charge in [-0.1, -0.05) is 6.58 Å². The molecule has 4 rings (SSSR count). The minimum atomic E-state index is -0.231. The van der Waals surface area contributed by atoms with Crippen molar-refractivity contribution in [2.45, 2.75) is 0 Å². The molecule has 0 saturated heterocycles. The lowest BCUT2D eigenvalue weighted by Crippen LogP contribution is -2.14. The highest BCUT2D eigenvalue weighted by atomic mass is 16.7. The molecule has 7 heteroatoms. The van der Waals surface area contributed by atoms with Crippen LogP contribution in [0.4, 0.5) is 0 Å². The molecule has 3 heterocycles. The summed E-state index contributed by atoms with van der Waals surface area (Å²) in [6.45, 7) is 3.89. The van der Waals surface area contributed by atoms with E-state index in [4.69, 9.17) is 15.2 Å². The number of aromatic nitrogens is 3. The Morgan fingerprint density at radius 2 is 2.14 bits per heavy atom. The molecule has 0 fully saturated rings. The zero-order valence-electron chi connectivity index (χ0n) is 11.5. The van der Waals surface area contributed by atoms with E-state index in [1.807, 2.05) is 6.07 Å². The van der Waals surface area contributed by atoms with Crippen molar-refractivity contribution in [3.8, 4) is 22.8 Å². The van der Waals surface area contributed by atoms with Crippen LogP contribution < -0.4 is 20.8 Å². The fourth-order valence-electron chi connectivity index (χ4n) is 2.42. The normalized spacial score (nSPS) is 12.7. The minimum absolute atomic E-state index is 0.197. The van der Waals surface area contributed by atoms with E-state index in [1.165, 1.54) is 10.6 Å². The third-order valence-corrected chi connectivity index (χ3v) is 3.51. The number of ether oxygens (including phenoxy) is 2. The van der Waals surface area contributed by atoms with Crippen LogP contribution in [0.2, 0.25) is 0 Å². The molecule has 0 unspecified atom stereocenters. The summed E-state index contributed by atoms with van der Waals surface area (Å²) >= 11 is 0. The van der Waals surface area contributed by atoms with Crippen LogP contribution in [0.25, 0.3) is 22.6 Å². The van der Waals surface area contributed by atoms with Crippen LogP contribution in [0.15, 0.2) is 41.8 Å². The number of H-pyrrole nitrogens is 1. The van der Waals surface area contributed by atoms with E-state index >= 15 is 0 Å². The quantitative estimate of drug-likeness (QED) is 0.744. The van der Waals surface area contributed by atoms with E-state index in [-0.39, 0.29) is 12.4 Å². The molecule has 7 nitrogen and oxygen atoms in total. The summed E-state index contributed by atoms with van der Waals surface area (Å²) in [6, 6.07) is 6.87. The van der Waals surface area contributed by atoms with Crippen molar-refractivity contribution >= 4 is 11.3 Å². The molecule has 22 heavy (non-hydrogen) atoms. The number of benzene rings is 1. The predicted molar refractivity (Wildman–Crippen MR) is 80.6 cm³/mol. The van der Waals surface area contributed by atoms with Crippen LogP contribution in [0.1, 0.15) is 5.56 Å². The molecule has 0 amide bonds. The van der Waals surface area contributed by atoms with Gasteiger partial charge in [0.2, 0.25) is 6.79 Å². The lowest BCUT2D eigenvalue weighted by molar-refractivity contribution is 0.174. The van der Waals surface area contributed by atoms with Crippen molar-refractivity contribution in [2.24, 2.45) is 5.73 Å². The van der Waals surface area contributed by atoms with E-state index in [0.29, 0.717) is 34.1 Å². The van der Waals surface area contributed by atoms with Gasteiger partial charge in [0.1, 0.15) is 0 Å². The van der Waals surface area contributed by atoms with E-state index in [9.17, 15) is 4.79 Å². The molecule has 0 aliphatic carbocycles. The standard InChI is InChI=1S/C15H12N4O3/c1-8(16)10-6-17-19-14(20)5-11(18-15(10)19)9-2-3-12-13(4-9)22-7-21-12/h2-6,17H,1,7,16H2. The van der Waals surface area contributed by atoms with Crippen molar-refractivity contribution in [1.29, 1.82) is 0 Å². The Morgan fingerprint density at radius 3 is 2.95 bits per heavy atom. The van der Waals surface area contributed by atoms with Crippen molar-refractivity contribution < 1.29 is 9.47 Å². The number of rotatable bonds is 2. The number of hydrogen-bond acceptors (Lipinski definition) is 5. The third kappa shape index (κ3) is 1.76. The van der Waals surface area contributed by atoms with E-state index in [1.54, 1.807) is 18.3 Å². The Bertz CT molecular complexity index is 971. The lowest BCUT2D eigenvalue weighted by atomic mass is 10.1. The largest absolute Gasteiger partial charge is 0.454 e. The number of aromatic amines is 1. The smallest absolute Gasteiger partial charge is 0.273 e. The first-order valence-electron chi connectivity index (χ1n) is 6.59. The molecule has 110 valence electrons. The van der Waals surface area contributed by atoms with Crippen molar-refractivity contribution in [2.75, 3.05) is 6.79 Å². The molecule has 2 aromatic heterocycles. The fraction of sp³-hybridized carbons (Fsp3) is 0.0667. The molecule has 1 aromatic carbocycles. The maximum atomic E-state index is 12.2. The maximum Gasteiger partial charge on any atom is 0.273 e. The summed E-state index contributed by atoms with van der Waals surface area (Å²) in [5.41, 5.74) is 8.17. The van der Waals surface area contributed by atoms with Gasteiger partial charge >= 0.3 is 0 Å². The maximum absolute atomic E-state index is 12.2. The first-order valence-corrected chi connectivity index (χ1v) is 6.59. The van der Waals surface area contributed by atoms with Gasteiger partial charge in [0.15, 0.2) is 17.1 Å². The van der Waals surface area contributed by atoms with Crippen LogP contribution in [-0.2, 0) is 0 Å². The number of nitrogens with two attached hydrogens (primary N) is 1. The first-order chi connectivity index (χ1) is 10.6. The Morgan fingerprint density at radius 1 is 1.32 bits per heavy atom. The Hall–Kier alpha value is -3.22. The number of nitrogens with one attached hydrogen (secondary N) is 1. The molecule has 0 atom stereocenters. The summed E-state index contributed by atoms with van der Waals surface area (Å²) in [5, 5.41) is 2.81. The van der Waals surface area contributed by atoms with Crippen molar-refractivity contribution in [3.05, 3.63) is 53.0 Å². The molecule has 1 aliphatic rings. The summed E-state index contributed by atoms with van der Waals surface area (Å²) in [5.74, 6) is 1.32. The molecule has 0 bridgehead atoms. The van der Waals surface area contributed by atoms with Crippen LogP contribution in [0.3, 0.4) is 0 Å². The zero-order chi connectivity index (χ0) is 15.3. The lowest BCUT2D eigenvalue weighted by Gasteiger charge is -2.04. The Labute approximate surface area is 124 Å². The van der Waals surface area contributed by atoms with Crippen LogP contribution >= 0.6 is 0 Å². The van der Waals surface area contributed by atoms with Crippen molar-refractivity contribution in [1.82, 2.24) is 14.6 Å². The van der Waals surface area contributed by atoms with Gasteiger partial charge in [-0.2, -0.15) is 0 Å². The van der Waals surface area contributed by atoms with Crippen LogP contribution in [0, 0.1) is 0 Å². The molecule has 0 spiro atoms. The van der Waals surface area contributed by atoms with E-state index in [2.05, 4.69) is 16.7 Å². The monoisotopic (exact) mass is 296 g/mol. The highest BCUT2D eigenvalue weighted by Gasteiger charge is 2.16. The Kier molecular flexibility index (Phi) is 2.50. The number of hydrogen-bond donors (Lipinski definition) is 2. The minimum Gasteiger partial charge on any atom is -0.454 e. The third-order valence-electron chi connectivity index (χ3n) is 3.51. The molecular weight excluding hydrogens is 284 g/mol. The SMILES string of the molecule is C=C(N)c1c[nH]n2c(=O)cc(-c3ccc4c(c3)OCO4)nc12. The predicted octanol–water partition coefficient (Wildman–Crippen LogP) is 1.35. The average Bonchev–Trinajstić information content (AvgIpc) is 3.12. The molecule has 1 aliphatic heterocycles. The van der Waals surface area contributed by atoms with Crippen LogP contribution in [0.5, 0.6) is 11.5 Å². The van der Waals surface area contributed by atoms with Gasteiger partial charge in [-0.25, -0.2) is 9.50 Å². The van der Waals surface area contributed by atoms with Gasteiger partial charge in [-0.15, -0.1) is 0 Å². The van der Waals surface area contributed by atoms with Gasteiger partial charge in [-0.3, -0.25) is 9.89 Å². The van der Waals surface area contributed by atoms with Gasteiger partial charge in [-0.05, 0) is 18.2 Å². The number of fused-ring (bicyclic) bond motifs is 2. The molecule has 3 N–H and O–H groups in total. The average molecular weight is 296 g/mol. The second kappa shape index (κ2) is 4.39.